The summed E-state index contributed by atoms with van der Waals surface area (Å²) in [6.45, 7) is 5.35. The molecule has 2 aliphatic rings. The zero-order chi connectivity index (χ0) is 14.8. The first-order valence-corrected chi connectivity index (χ1v) is 7.30. The first-order valence-electron chi connectivity index (χ1n) is 7.30. The van der Waals surface area contributed by atoms with Crippen molar-refractivity contribution >= 4 is 11.8 Å². The van der Waals surface area contributed by atoms with E-state index in [0.29, 0.717) is 32.6 Å². The van der Waals surface area contributed by atoms with Crippen LogP contribution in [0.25, 0.3) is 0 Å². The summed E-state index contributed by atoms with van der Waals surface area (Å²) in [5, 5.41) is 2.80. The molecule has 3 unspecified atom stereocenters. The smallest absolute Gasteiger partial charge is 0.245 e. The number of rotatable bonds is 5. The van der Waals surface area contributed by atoms with Crippen LogP contribution in [-0.4, -0.2) is 61.3 Å². The molecule has 0 aromatic rings. The molecular formula is C14H24N2O4. The number of nitrogens with zero attached hydrogens (tertiary/aromatic N) is 1. The number of piperazine rings is 1. The normalized spacial score (nSPS) is 34.5. The molecule has 1 N–H and O–H groups in total. The minimum atomic E-state index is -0.473. The fourth-order valence-electron chi connectivity index (χ4n) is 2.94. The van der Waals surface area contributed by atoms with Crippen LogP contribution in [0.4, 0.5) is 0 Å². The van der Waals surface area contributed by atoms with Crippen molar-refractivity contribution in [3.63, 3.8) is 0 Å². The number of hydrogen-bond acceptors (Lipinski definition) is 4. The Morgan fingerprint density at radius 1 is 1.40 bits per heavy atom. The average Bonchev–Trinajstić information content (AvgIpc) is 2.92. The van der Waals surface area contributed by atoms with Crippen LogP contribution in [0.5, 0.6) is 0 Å². The molecule has 2 aliphatic heterocycles. The molecule has 0 spiro atoms. The summed E-state index contributed by atoms with van der Waals surface area (Å²) >= 11 is 0. The van der Waals surface area contributed by atoms with E-state index in [1.807, 2.05) is 13.8 Å². The average molecular weight is 284 g/mol. The molecule has 6 nitrogen and oxygen atoms in total. The first kappa shape index (κ1) is 15.3. The molecular weight excluding hydrogens is 260 g/mol. The number of methoxy groups -OCH3 is 1. The Hall–Kier alpha value is -1.14. The van der Waals surface area contributed by atoms with E-state index in [9.17, 15) is 9.59 Å². The predicted octanol–water partition coefficient (Wildman–Crippen LogP) is 0.308. The maximum atomic E-state index is 12.5. The second-order valence-corrected chi connectivity index (χ2v) is 5.55. The van der Waals surface area contributed by atoms with E-state index in [-0.39, 0.29) is 11.8 Å². The van der Waals surface area contributed by atoms with Crippen molar-refractivity contribution in [1.82, 2.24) is 10.2 Å². The summed E-state index contributed by atoms with van der Waals surface area (Å²) in [7, 11) is 1.64. The van der Waals surface area contributed by atoms with Crippen LogP contribution in [-0.2, 0) is 19.1 Å². The van der Waals surface area contributed by atoms with Crippen LogP contribution >= 0.6 is 0 Å². The number of carbonyl (C=O) groups excluding carboxylic acids is 2. The second-order valence-electron chi connectivity index (χ2n) is 5.55. The van der Waals surface area contributed by atoms with Crippen LogP contribution < -0.4 is 5.32 Å². The number of carbonyl (C=O) groups is 2. The Labute approximate surface area is 119 Å². The van der Waals surface area contributed by atoms with E-state index in [0.717, 1.165) is 6.42 Å². The summed E-state index contributed by atoms with van der Waals surface area (Å²) in [6.07, 6.45) is 1.96. The van der Waals surface area contributed by atoms with Gasteiger partial charge in [0.2, 0.25) is 11.8 Å². The third-order valence-corrected chi connectivity index (χ3v) is 4.33. The lowest BCUT2D eigenvalue weighted by Crippen LogP contribution is -2.65. The predicted molar refractivity (Wildman–Crippen MR) is 73.2 cm³/mol. The Morgan fingerprint density at radius 2 is 2.15 bits per heavy atom. The fourth-order valence-corrected chi connectivity index (χ4v) is 2.94. The molecule has 3 atom stereocenters. The van der Waals surface area contributed by atoms with Gasteiger partial charge >= 0.3 is 0 Å². The van der Waals surface area contributed by atoms with E-state index in [1.165, 1.54) is 0 Å². The minimum absolute atomic E-state index is 0.0118. The van der Waals surface area contributed by atoms with Gasteiger partial charge in [-0.2, -0.15) is 0 Å². The molecule has 0 aromatic carbocycles. The van der Waals surface area contributed by atoms with Crippen LogP contribution in [0, 0.1) is 0 Å². The van der Waals surface area contributed by atoms with E-state index >= 15 is 0 Å². The van der Waals surface area contributed by atoms with Gasteiger partial charge in [-0.1, -0.05) is 13.8 Å². The fraction of sp³-hybridized carbons (Fsp3) is 0.857. The molecule has 2 saturated heterocycles. The van der Waals surface area contributed by atoms with E-state index < -0.39 is 17.7 Å². The minimum Gasteiger partial charge on any atom is -0.378 e. The van der Waals surface area contributed by atoms with Crippen molar-refractivity contribution in [1.29, 1.82) is 0 Å². The van der Waals surface area contributed by atoms with Gasteiger partial charge in [0.05, 0.1) is 13.2 Å². The highest BCUT2D eigenvalue weighted by Gasteiger charge is 2.45. The van der Waals surface area contributed by atoms with Gasteiger partial charge in [-0.05, 0) is 12.8 Å². The van der Waals surface area contributed by atoms with Crippen molar-refractivity contribution in [3.8, 4) is 0 Å². The highest BCUT2D eigenvalue weighted by atomic mass is 16.5. The van der Waals surface area contributed by atoms with Gasteiger partial charge in [-0.3, -0.25) is 9.59 Å². The summed E-state index contributed by atoms with van der Waals surface area (Å²) in [6, 6.07) is -0.820. The third-order valence-electron chi connectivity index (χ3n) is 4.33. The number of nitrogens with one attached hydrogen (secondary N) is 1. The van der Waals surface area contributed by atoms with Crippen LogP contribution in [0.1, 0.15) is 33.1 Å². The molecule has 114 valence electrons. The number of amides is 2. The van der Waals surface area contributed by atoms with Gasteiger partial charge in [0.25, 0.3) is 0 Å². The molecule has 2 rings (SSSR count). The number of ether oxygens (including phenoxy) is 2. The Kier molecular flexibility index (Phi) is 4.65. The van der Waals surface area contributed by atoms with Gasteiger partial charge in [0.1, 0.15) is 17.7 Å². The lowest BCUT2D eigenvalue weighted by molar-refractivity contribution is -0.154. The molecule has 0 bridgehead atoms. The molecule has 6 heteroatoms. The topological polar surface area (TPSA) is 67.9 Å². The second kappa shape index (κ2) is 6.10. The maximum absolute atomic E-state index is 12.5. The van der Waals surface area contributed by atoms with Gasteiger partial charge in [0, 0.05) is 20.1 Å². The van der Waals surface area contributed by atoms with Crippen LogP contribution in [0.3, 0.4) is 0 Å². The maximum Gasteiger partial charge on any atom is 0.245 e. The molecule has 0 radical (unpaired) electrons. The zero-order valence-electron chi connectivity index (χ0n) is 12.5. The van der Waals surface area contributed by atoms with Crippen molar-refractivity contribution in [2.24, 2.45) is 0 Å². The molecule has 0 aliphatic carbocycles. The molecule has 2 fully saturated rings. The van der Waals surface area contributed by atoms with E-state index in [2.05, 4.69) is 5.32 Å². The van der Waals surface area contributed by atoms with Crippen molar-refractivity contribution in [2.45, 2.75) is 50.8 Å². The van der Waals surface area contributed by atoms with E-state index in [4.69, 9.17) is 9.47 Å². The molecule has 0 saturated carbocycles. The first-order chi connectivity index (χ1) is 9.56. The highest BCUT2D eigenvalue weighted by Crippen LogP contribution is 2.27. The quantitative estimate of drug-likeness (QED) is 0.789. The monoisotopic (exact) mass is 284 g/mol. The Morgan fingerprint density at radius 3 is 2.65 bits per heavy atom. The standard InChI is InChI=1S/C14H24N2O4/c1-4-10-13(18)16(11(5-2)12(17)15-10)8-14(19-3)6-7-20-9-14/h10-11H,4-9H2,1-3H3,(H,15,17). The Balaban J connectivity index is 2.20. The summed E-state index contributed by atoms with van der Waals surface area (Å²) in [4.78, 5) is 26.4. The Bertz CT molecular complexity index is 379. The lowest BCUT2D eigenvalue weighted by Gasteiger charge is -2.42. The summed E-state index contributed by atoms with van der Waals surface area (Å²) < 4.78 is 11.0. The largest absolute Gasteiger partial charge is 0.378 e. The van der Waals surface area contributed by atoms with Crippen molar-refractivity contribution < 1.29 is 19.1 Å². The van der Waals surface area contributed by atoms with Gasteiger partial charge in [0.15, 0.2) is 0 Å². The van der Waals surface area contributed by atoms with Gasteiger partial charge in [-0.15, -0.1) is 0 Å². The van der Waals surface area contributed by atoms with Crippen molar-refractivity contribution in [2.75, 3.05) is 26.9 Å². The molecule has 2 amide bonds. The van der Waals surface area contributed by atoms with Crippen LogP contribution in [0.2, 0.25) is 0 Å². The van der Waals surface area contributed by atoms with Gasteiger partial charge < -0.3 is 19.7 Å². The SMILES string of the molecule is CCC1NC(=O)C(CC)N(CC2(OC)CCOC2)C1=O. The zero-order valence-corrected chi connectivity index (χ0v) is 12.5. The molecule has 20 heavy (non-hydrogen) atoms. The molecule has 2 heterocycles. The van der Waals surface area contributed by atoms with Crippen molar-refractivity contribution in [3.05, 3.63) is 0 Å². The highest BCUT2D eigenvalue weighted by molar-refractivity contribution is 5.96. The summed E-state index contributed by atoms with van der Waals surface area (Å²) in [5.41, 5.74) is -0.473. The van der Waals surface area contributed by atoms with E-state index in [1.54, 1.807) is 12.0 Å². The molecule has 0 aromatic heterocycles. The number of hydrogen-bond donors (Lipinski definition) is 1. The van der Waals surface area contributed by atoms with Gasteiger partial charge in [-0.25, -0.2) is 0 Å². The third kappa shape index (κ3) is 2.67. The van der Waals surface area contributed by atoms with Crippen LogP contribution in [0.15, 0.2) is 0 Å². The lowest BCUT2D eigenvalue weighted by atomic mass is 9.97. The summed E-state index contributed by atoms with van der Waals surface area (Å²) in [5.74, 6) is -0.0774.